The first-order valence-corrected chi connectivity index (χ1v) is 10.4. The van der Waals surface area contributed by atoms with Gasteiger partial charge in [0.2, 0.25) is 0 Å². The lowest BCUT2D eigenvalue weighted by Crippen LogP contribution is -2.05. The van der Waals surface area contributed by atoms with E-state index in [0.717, 1.165) is 27.7 Å². The Morgan fingerprint density at radius 1 is 0.938 bits per heavy atom. The molecule has 3 aromatic heterocycles. The van der Waals surface area contributed by atoms with Crippen LogP contribution in [0.2, 0.25) is 5.02 Å². The number of benzene rings is 2. The molecule has 0 spiro atoms. The van der Waals surface area contributed by atoms with Crippen molar-refractivity contribution in [3.63, 3.8) is 0 Å². The maximum absolute atomic E-state index is 13.6. The molecule has 0 amide bonds. The Balaban J connectivity index is 1.45. The topological polar surface area (TPSA) is 68.5 Å². The zero-order chi connectivity index (χ0) is 21.9. The molecule has 0 saturated carbocycles. The van der Waals surface area contributed by atoms with Gasteiger partial charge in [-0.25, -0.2) is 24.3 Å². The highest BCUT2D eigenvalue weighted by Gasteiger charge is 2.11. The lowest BCUT2D eigenvalue weighted by Gasteiger charge is -2.10. The van der Waals surface area contributed by atoms with Crippen molar-refractivity contribution in [1.29, 1.82) is 0 Å². The Bertz CT molecular complexity index is 1390. The Labute approximate surface area is 188 Å². The molecule has 0 bridgehead atoms. The van der Waals surface area contributed by atoms with Gasteiger partial charge in [0.15, 0.2) is 0 Å². The van der Waals surface area contributed by atoms with Crippen LogP contribution in [-0.4, -0.2) is 24.5 Å². The largest absolute Gasteiger partial charge is 0.363 e. The summed E-state index contributed by atoms with van der Waals surface area (Å²) < 4.78 is 15.6. The molecule has 0 radical (unpaired) electrons. The molecule has 1 N–H and O–H groups in total. The first kappa shape index (κ1) is 20.1. The van der Waals surface area contributed by atoms with Gasteiger partial charge < -0.3 is 9.88 Å². The van der Waals surface area contributed by atoms with Crippen molar-refractivity contribution in [2.75, 3.05) is 5.32 Å². The molecular weight excluding hydrogens is 427 g/mol. The van der Waals surface area contributed by atoms with Crippen molar-refractivity contribution in [3.05, 3.63) is 102 Å². The van der Waals surface area contributed by atoms with Crippen molar-refractivity contribution in [2.24, 2.45) is 0 Å². The van der Waals surface area contributed by atoms with Crippen molar-refractivity contribution in [3.8, 4) is 11.1 Å². The molecule has 158 valence electrons. The molecule has 8 heteroatoms. The van der Waals surface area contributed by atoms with E-state index in [4.69, 9.17) is 11.6 Å². The summed E-state index contributed by atoms with van der Waals surface area (Å²) in [6.45, 7) is 0.972. The predicted molar refractivity (Wildman–Crippen MR) is 123 cm³/mol. The standard InChI is InChI=1S/C24H18ClFN6/c25-20-12-29-23(30-13-24-27-7-2-8-28-24)11-19(20)17-5-6-21-22(10-17)32(15-31-21)14-16-3-1-4-18(26)9-16/h1-12,15H,13-14H2,(H,29,30). The van der Waals surface area contributed by atoms with Gasteiger partial charge in [0.25, 0.3) is 0 Å². The van der Waals surface area contributed by atoms with Gasteiger partial charge in [-0.05, 0) is 47.5 Å². The molecule has 32 heavy (non-hydrogen) atoms. The number of fused-ring (bicyclic) bond motifs is 1. The summed E-state index contributed by atoms with van der Waals surface area (Å²) in [7, 11) is 0. The molecule has 0 aliphatic rings. The van der Waals surface area contributed by atoms with E-state index in [0.29, 0.717) is 29.8 Å². The number of anilines is 1. The molecular formula is C24H18ClFN6. The van der Waals surface area contributed by atoms with Crippen LogP contribution in [0.1, 0.15) is 11.4 Å². The van der Waals surface area contributed by atoms with Crippen LogP contribution in [0.3, 0.4) is 0 Å². The van der Waals surface area contributed by atoms with Crippen LogP contribution in [-0.2, 0) is 13.1 Å². The van der Waals surface area contributed by atoms with E-state index < -0.39 is 0 Å². The molecule has 2 aromatic carbocycles. The number of rotatable bonds is 6. The average Bonchev–Trinajstić information content (AvgIpc) is 3.21. The Hall–Kier alpha value is -3.84. The number of hydrogen-bond donors (Lipinski definition) is 1. The second-order valence-electron chi connectivity index (χ2n) is 7.27. The van der Waals surface area contributed by atoms with E-state index in [1.807, 2.05) is 34.9 Å². The molecule has 0 atom stereocenters. The van der Waals surface area contributed by atoms with Gasteiger partial charge in [-0.15, -0.1) is 0 Å². The lowest BCUT2D eigenvalue weighted by molar-refractivity contribution is 0.624. The molecule has 6 nitrogen and oxygen atoms in total. The third kappa shape index (κ3) is 4.29. The zero-order valence-electron chi connectivity index (χ0n) is 16.9. The minimum atomic E-state index is -0.253. The number of imidazole rings is 1. The van der Waals surface area contributed by atoms with E-state index >= 15 is 0 Å². The third-order valence-electron chi connectivity index (χ3n) is 5.08. The number of pyridine rings is 1. The minimum Gasteiger partial charge on any atom is -0.363 e. The van der Waals surface area contributed by atoms with Crippen molar-refractivity contribution < 1.29 is 4.39 Å². The summed E-state index contributed by atoms with van der Waals surface area (Å²) >= 11 is 6.48. The predicted octanol–water partition coefficient (Wildman–Crippen LogP) is 5.34. The van der Waals surface area contributed by atoms with E-state index in [-0.39, 0.29) is 5.82 Å². The smallest absolute Gasteiger partial charge is 0.147 e. The van der Waals surface area contributed by atoms with E-state index in [1.165, 1.54) is 12.1 Å². The highest BCUT2D eigenvalue weighted by molar-refractivity contribution is 6.33. The maximum atomic E-state index is 13.6. The zero-order valence-corrected chi connectivity index (χ0v) is 17.7. The van der Waals surface area contributed by atoms with Gasteiger partial charge in [-0.2, -0.15) is 0 Å². The first-order chi connectivity index (χ1) is 15.7. The van der Waals surface area contributed by atoms with E-state index in [9.17, 15) is 4.39 Å². The summed E-state index contributed by atoms with van der Waals surface area (Å²) in [6.07, 6.45) is 6.79. The number of nitrogens with zero attached hydrogens (tertiary/aromatic N) is 5. The molecule has 0 aliphatic heterocycles. The fourth-order valence-corrected chi connectivity index (χ4v) is 3.74. The fraction of sp³-hybridized carbons (Fsp3) is 0.0833. The molecule has 0 fully saturated rings. The van der Waals surface area contributed by atoms with Gasteiger partial charge >= 0.3 is 0 Å². The number of halogens is 2. The van der Waals surface area contributed by atoms with Crippen LogP contribution < -0.4 is 5.32 Å². The maximum Gasteiger partial charge on any atom is 0.147 e. The number of hydrogen-bond acceptors (Lipinski definition) is 5. The lowest BCUT2D eigenvalue weighted by atomic mass is 10.1. The van der Waals surface area contributed by atoms with Crippen molar-refractivity contribution >= 4 is 28.5 Å². The minimum absolute atomic E-state index is 0.253. The second-order valence-corrected chi connectivity index (χ2v) is 7.68. The van der Waals surface area contributed by atoms with E-state index in [1.54, 1.807) is 37.1 Å². The van der Waals surface area contributed by atoms with E-state index in [2.05, 4.69) is 25.3 Å². The summed E-state index contributed by atoms with van der Waals surface area (Å²) in [6, 6.07) is 16.2. The van der Waals surface area contributed by atoms with Crippen LogP contribution in [0.4, 0.5) is 10.2 Å². The highest BCUT2D eigenvalue weighted by atomic mass is 35.5. The van der Waals surface area contributed by atoms with Gasteiger partial charge in [0.05, 0.1) is 28.9 Å². The van der Waals surface area contributed by atoms with Crippen LogP contribution in [0.25, 0.3) is 22.2 Å². The number of nitrogens with one attached hydrogen (secondary N) is 1. The van der Waals surface area contributed by atoms with Gasteiger partial charge in [-0.3, -0.25) is 0 Å². The van der Waals surface area contributed by atoms with Crippen LogP contribution >= 0.6 is 11.6 Å². The van der Waals surface area contributed by atoms with Crippen LogP contribution in [0.15, 0.2) is 79.5 Å². The van der Waals surface area contributed by atoms with Crippen LogP contribution in [0, 0.1) is 5.82 Å². The Kier molecular flexibility index (Phi) is 5.47. The number of aromatic nitrogens is 5. The van der Waals surface area contributed by atoms with Crippen molar-refractivity contribution in [1.82, 2.24) is 24.5 Å². The molecule has 5 rings (SSSR count). The monoisotopic (exact) mass is 444 g/mol. The third-order valence-corrected chi connectivity index (χ3v) is 5.38. The molecule has 0 unspecified atom stereocenters. The molecule has 0 aliphatic carbocycles. The normalized spacial score (nSPS) is 11.1. The Morgan fingerprint density at radius 2 is 1.81 bits per heavy atom. The summed E-state index contributed by atoms with van der Waals surface area (Å²) in [5.41, 5.74) is 4.44. The van der Waals surface area contributed by atoms with Gasteiger partial charge in [0, 0.05) is 30.7 Å². The average molecular weight is 445 g/mol. The first-order valence-electron chi connectivity index (χ1n) is 10.0. The molecule has 0 saturated heterocycles. The summed E-state index contributed by atoms with van der Waals surface area (Å²) in [4.78, 5) is 17.3. The molecule has 5 aromatic rings. The highest BCUT2D eigenvalue weighted by Crippen LogP contribution is 2.31. The van der Waals surface area contributed by atoms with Crippen molar-refractivity contribution in [2.45, 2.75) is 13.1 Å². The van der Waals surface area contributed by atoms with Gasteiger partial charge in [0.1, 0.15) is 17.5 Å². The fourth-order valence-electron chi connectivity index (χ4n) is 3.53. The van der Waals surface area contributed by atoms with Crippen LogP contribution in [0.5, 0.6) is 0 Å². The van der Waals surface area contributed by atoms with Gasteiger partial charge in [-0.1, -0.05) is 29.8 Å². The Morgan fingerprint density at radius 3 is 2.66 bits per heavy atom. The second kappa shape index (κ2) is 8.72. The summed E-state index contributed by atoms with van der Waals surface area (Å²) in [5, 5.41) is 3.78. The SMILES string of the molecule is Fc1cccc(Cn2cnc3ccc(-c4cc(NCc5ncccn5)ncc4Cl)cc32)c1. The molecule has 3 heterocycles. The quantitative estimate of drug-likeness (QED) is 0.383. The summed E-state index contributed by atoms with van der Waals surface area (Å²) in [5.74, 6) is 1.09.